The summed E-state index contributed by atoms with van der Waals surface area (Å²) in [6.07, 6.45) is -3.27. The van der Waals surface area contributed by atoms with Gasteiger partial charge in [-0.25, -0.2) is 19.2 Å². The van der Waals surface area contributed by atoms with Crippen LogP contribution in [-0.2, 0) is 14.3 Å². The van der Waals surface area contributed by atoms with Crippen LogP contribution in [0.1, 0.15) is 0 Å². The van der Waals surface area contributed by atoms with Crippen molar-refractivity contribution in [3.8, 4) is 0 Å². The largest absolute Gasteiger partial charge is 0.465 e. The van der Waals surface area contributed by atoms with Crippen molar-refractivity contribution in [1.82, 2.24) is 10.6 Å². The number of rotatable bonds is 6. The molecule has 0 aliphatic carbocycles. The van der Waals surface area contributed by atoms with E-state index < -0.39 is 49.4 Å². The average molecular weight is 280 g/mol. The third-order valence-electron chi connectivity index (χ3n) is 1.73. The number of carbonyl (C=O) groups excluding carboxylic acids is 2. The summed E-state index contributed by atoms with van der Waals surface area (Å²) in [5.74, 6) is -2.86. The van der Waals surface area contributed by atoms with Gasteiger partial charge in [-0.3, -0.25) is 0 Å². The van der Waals surface area contributed by atoms with Crippen molar-refractivity contribution in [2.24, 2.45) is 0 Å². The van der Waals surface area contributed by atoms with E-state index in [1.807, 2.05) is 0 Å². The van der Waals surface area contributed by atoms with Gasteiger partial charge < -0.3 is 35.8 Å². The van der Waals surface area contributed by atoms with Crippen molar-refractivity contribution >= 4 is 24.1 Å². The number of hydrogen-bond acceptors (Lipinski definition) is 7. The van der Waals surface area contributed by atoms with Gasteiger partial charge in [0.15, 0.2) is 12.1 Å². The molecule has 0 aliphatic heterocycles. The lowest BCUT2D eigenvalue weighted by molar-refractivity contribution is -0.163. The second-order valence-corrected chi connectivity index (χ2v) is 3.11. The van der Waals surface area contributed by atoms with Crippen molar-refractivity contribution in [1.29, 1.82) is 0 Å². The number of ether oxygens (including phenoxy) is 1. The summed E-state index contributed by atoms with van der Waals surface area (Å²) >= 11 is 0. The molecule has 0 heterocycles. The van der Waals surface area contributed by atoms with Crippen LogP contribution >= 0.6 is 0 Å². The highest BCUT2D eigenvalue weighted by Crippen LogP contribution is 1.94. The molecule has 0 spiro atoms. The first-order valence-corrected chi connectivity index (χ1v) is 4.78. The van der Waals surface area contributed by atoms with E-state index in [4.69, 9.17) is 20.4 Å². The molecule has 11 heteroatoms. The molecule has 0 aromatic heterocycles. The Kier molecular flexibility index (Phi) is 6.85. The molecule has 0 aliphatic rings. The fourth-order valence-corrected chi connectivity index (χ4v) is 0.898. The highest BCUT2D eigenvalue weighted by molar-refractivity contribution is 5.93. The van der Waals surface area contributed by atoms with E-state index in [9.17, 15) is 19.2 Å². The molecule has 0 radical (unpaired) electrons. The third-order valence-corrected chi connectivity index (χ3v) is 1.73. The molecule has 0 aromatic rings. The summed E-state index contributed by atoms with van der Waals surface area (Å²) in [4.78, 5) is 43.0. The molecular formula is C8H12N2O9. The van der Waals surface area contributed by atoms with Gasteiger partial charge in [0.25, 0.3) is 0 Å². The third kappa shape index (κ3) is 6.18. The summed E-state index contributed by atoms with van der Waals surface area (Å²) in [5.41, 5.74) is 0. The number of amides is 2. The van der Waals surface area contributed by atoms with E-state index >= 15 is 0 Å². The van der Waals surface area contributed by atoms with Crippen LogP contribution in [0.25, 0.3) is 0 Å². The predicted octanol–water partition coefficient (Wildman–Crippen LogP) is -2.69. The molecule has 11 nitrogen and oxygen atoms in total. The van der Waals surface area contributed by atoms with Gasteiger partial charge in [-0.2, -0.15) is 0 Å². The molecule has 2 atom stereocenters. The first-order valence-electron chi connectivity index (χ1n) is 4.78. The summed E-state index contributed by atoms with van der Waals surface area (Å²) < 4.78 is 4.11. The maximum Gasteiger partial charge on any atom is 0.405 e. The Labute approximate surface area is 105 Å². The van der Waals surface area contributed by atoms with Gasteiger partial charge >= 0.3 is 24.1 Å². The van der Waals surface area contributed by atoms with E-state index in [1.54, 1.807) is 10.6 Å². The zero-order valence-corrected chi connectivity index (χ0v) is 9.40. The smallest absolute Gasteiger partial charge is 0.405 e. The lowest BCUT2D eigenvalue weighted by Gasteiger charge is -2.15. The van der Waals surface area contributed by atoms with Crippen molar-refractivity contribution in [3.05, 3.63) is 0 Å². The van der Waals surface area contributed by atoms with E-state index in [0.29, 0.717) is 0 Å². The van der Waals surface area contributed by atoms with Crippen LogP contribution in [0.4, 0.5) is 9.59 Å². The average Bonchev–Trinajstić information content (AvgIpc) is 2.31. The Morgan fingerprint density at radius 1 is 0.842 bits per heavy atom. The van der Waals surface area contributed by atoms with Gasteiger partial charge in [-0.15, -0.1) is 0 Å². The first kappa shape index (κ1) is 16.6. The van der Waals surface area contributed by atoms with Gasteiger partial charge in [0, 0.05) is 0 Å². The van der Waals surface area contributed by atoms with Crippen LogP contribution in [0.5, 0.6) is 0 Å². The zero-order chi connectivity index (χ0) is 15.0. The number of hydrogen-bond donors (Lipinski definition) is 6. The number of carboxylic acid groups (broad SMARTS) is 2. The minimum atomic E-state index is -1.70. The second-order valence-electron chi connectivity index (χ2n) is 3.11. The summed E-state index contributed by atoms with van der Waals surface area (Å²) in [7, 11) is 0. The SMILES string of the molecule is O=C(O)N[C@@H](CO)C(=O)OC(=O)[C@H](CO)NC(=O)O. The molecule has 0 aromatic carbocycles. The van der Waals surface area contributed by atoms with Crippen LogP contribution in [0.2, 0.25) is 0 Å². The molecule has 0 unspecified atom stereocenters. The van der Waals surface area contributed by atoms with Gasteiger partial charge in [-0.1, -0.05) is 0 Å². The molecular weight excluding hydrogens is 268 g/mol. The molecule has 2 amide bonds. The Morgan fingerprint density at radius 3 is 1.37 bits per heavy atom. The Bertz CT molecular complexity index is 335. The molecule has 0 rings (SSSR count). The molecule has 108 valence electrons. The monoisotopic (exact) mass is 280 g/mol. The highest BCUT2D eigenvalue weighted by Gasteiger charge is 2.28. The summed E-state index contributed by atoms with van der Waals surface area (Å²) in [5, 5.41) is 37.2. The van der Waals surface area contributed by atoms with Crippen LogP contribution in [0.3, 0.4) is 0 Å². The minimum Gasteiger partial charge on any atom is -0.465 e. The Morgan fingerprint density at radius 2 is 1.16 bits per heavy atom. The lowest BCUT2D eigenvalue weighted by Crippen LogP contribution is -2.48. The van der Waals surface area contributed by atoms with E-state index in [0.717, 1.165) is 0 Å². The standard InChI is InChI=1S/C8H12N2O9/c11-1-3(9-7(15)16)5(13)19-6(14)4(2-12)10-8(17)18/h3-4,9-12H,1-2H2,(H,15,16)(H,17,18)/t3-,4-/m0/s1. The lowest BCUT2D eigenvalue weighted by atomic mass is 10.3. The molecule has 0 saturated carbocycles. The molecule has 0 fully saturated rings. The van der Waals surface area contributed by atoms with Crippen LogP contribution in [0, 0.1) is 0 Å². The van der Waals surface area contributed by atoms with E-state index in [1.165, 1.54) is 0 Å². The van der Waals surface area contributed by atoms with Gasteiger partial charge in [0.1, 0.15) is 0 Å². The van der Waals surface area contributed by atoms with Crippen LogP contribution in [-0.4, -0.2) is 69.8 Å². The number of aliphatic hydroxyl groups is 2. The predicted molar refractivity (Wildman–Crippen MR) is 55.2 cm³/mol. The summed E-state index contributed by atoms with van der Waals surface area (Å²) in [6, 6.07) is -3.41. The second kappa shape index (κ2) is 7.84. The quantitative estimate of drug-likeness (QED) is 0.223. The molecule has 0 saturated heterocycles. The molecule has 19 heavy (non-hydrogen) atoms. The topological polar surface area (TPSA) is 182 Å². The number of nitrogens with one attached hydrogen (secondary N) is 2. The fourth-order valence-electron chi connectivity index (χ4n) is 0.898. The minimum absolute atomic E-state index is 0.964. The zero-order valence-electron chi connectivity index (χ0n) is 9.40. The van der Waals surface area contributed by atoms with Gasteiger partial charge in [0.05, 0.1) is 13.2 Å². The van der Waals surface area contributed by atoms with Gasteiger partial charge in [0.2, 0.25) is 0 Å². The Hall–Kier alpha value is -2.40. The number of aliphatic hydroxyl groups excluding tert-OH is 2. The van der Waals surface area contributed by atoms with Crippen molar-refractivity contribution < 1.29 is 44.3 Å². The maximum absolute atomic E-state index is 11.2. The number of esters is 2. The van der Waals surface area contributed by atoms with E-state index in [2.05, 4.69) is 4.74 Å². The van der Waals surface area contributed by atoms with Crippen molar-refractivity contribution in [2.75, 3.05) is 13.2 Å². The van der Waals surface area contributed by atoms with Crippen LogP contribution in [0.15, 0.2) is 0 Å². The Balaban J connectivity index is 4.55. The maximum atomic E-state index is 11.2. The molecule has 0 bridgehead atoms. The summed E-state index contributed by atoms with van der Waals surface area (Å²) in [6.45, 7) is -1.93. The van der Waals surface area contributed by atoms with Crippen molar-refractivity contribution in [2.45, 2.75) is 12.1 Å². The van der Waals surface area contributed by atoms with Crippen LogP contribution < -0.4 is 10.6 Å². The molecule has 6 N–H and O–H groups in total. The van der Waals surface area contributed by atoms with Gasteiger partial charge in [-0.05, 0) is 0 Å². The van der Waals surface area contributed by atoms with Crippen molar-refractivity contribution in [3.63, 3.8) is 0 Å². The normalized spacial score (nSPS) is 12.9. The fraction of sp³-hybridized carbons (Fsp3) is 0.500. The number of carbonyl (C=O) groups is 4. The highest BCUT2D eigenvalue weighted by atomic mass is 16.6. The van der Waals surface area contributed by atoms with E-state index in [-0.39, 0.29) is 0 Å². The first-order chi connectivity index (χ1) is 8.81.